The summed E-state index contributed by atoms with van der Waals surface area (Å²) >= 11 is 1.91. The average molecular weight is 253 g/mol. The van der Waals surface area contributed by atoms with E-state index in [2.05, 4.69) is 22.2 Å². The van der Waals surface area contributed by atoms with Crippen LogP contribution in [0.1, 0.15) is 45.4 Å². The largest absolute Gasteiger partial charge is 0.340 e. The molecular formula is C13H23N3S. The highest BCUT2D eigenvalue weighted by Crippen LogP contribution is 2.31. The second kappa shape index (κ2) is 7.07. The molecule has 17 heavy (non-hydrogen) atoms. The van der Waals surface area contributed by atoms with Crippen LogP contribution in [0.4, 0.5) is 0 Å². The normalized spacial score (nSPS) is 25.7. The SMILES string of the molecule is CCCNC1CCCCCC1Sc1ncc[nH]1. The van der Waals surface area contributed by atoms with Gasteiger partial charge in [0.15, 0.2) is 5.16 Å². The molecule has 3 nitrogen and oxygen atoms in total. The van der Waals surface area contributed by atoms with Gasteiger partial charge in [0.25, 0.3) is 0 Å². The van der Waals surface area contributed by atoms with Crippen molar-refractivity contribution in [2.75, 3.05) is 6.54 Å². The molecule has 1 aromatic heterocycles. The van der Waals surface area contributed by atoms with E-state index in [-0.39, 0.29) is 0 Å². The highest BCUT2D eigenvalue weighted by Gasteiger charge is 2.24. The Morgan fingerprint density at radius 2 is 2.29 bits per heavy atom. The number of nitrogens with zero attached hydrogens (tertiary/aromatic N) is 1. The minimum absolute atomic E-state index is 0.660. The third-order valence-corrected chi connectivity index (χ3v) is 4.66. The fourth-order valence-electron chi connectivity index (χ4n) is 2.44. The summed E-state index contributed by atoms with van der Waals surface area (Å²) in [5, 5.41) is 5.46. The molecule has 1 aromatic rings. The molecule has 2 unspecified atom stereocenters. The molecule has 4 heteroatoms. The molecule has 2 atom stereocenters. The van der Waals surface area contributed by atoms with E-state index in [9.17, 15) is 0 Å². The first-order valence-electron chi connectivity index (χ1n) is 6.79. The predicted molar refractivity (Wildman–Crippen MR) is 73.4 cm³/mol. The highest BCUT2D eigenvalue weighted by molar-refractivity contribution is 7.99. The van der Waals surface area contributed by atoms with Crippen LogP contribution in [0.25, 0.3) is 0 Å². The second-order valence-electron chi connectivity index (χ2n) is 4.75. The maximum atomic E-state index is 4.34. The van der Waals surface area contributed by atoms with Crippen LogP contribution >= 0.6 is 11.8 Å². The number of H-pyrrole nitrogens is 1. The van der Waals surface area contributed by atoms with Crippen LogP contribution in [-0.4, -0.2) is 27.8 Å². The predicted octanol–water partition coefficient (Wildman–Crippen LogP) is 3.20. The molecular weight excluding hydrogens is 230 g/mol. The fraction of sp³-hybridized carbons (Fsp3) is 0.769. The van der Waals surface area contributed by atoms with Crippen molar-refractivity contribution < 1.29 is 0 Å². The van der Waals surface area contributed by atoms with E-state index in [4.69, 9.17) is 0 Å². The van der Waals surface area contributed by atoms with E-state index < -0.39 is 0 Å². The summed E-state index contributed by atoms with van der Waals surface area (Å²) in [5.41, 5.74) is 0. The average Bonchev–Trinajstić information content (AvgIpc) is 2.74. The maximum absolute atomic E-state index is 4.34. The standard InChI is InChI=1S/C13H23N3S/c1-2-8-14-11-6-4-3-5-7-12(11)17-13-15-9-10-16-13/h9-12,14H,2-8H2,1H3,(H,15,16). The van der Waals surface area contributed by atoms with Gasteiger partial charge in [-0.25, -0.2) is 4.98 Å². The summed E-state index contributed by atoms with van der Waals surface area (Å²) in [6, 6.07) is 0.660. The van der Waals surface area contributed by atoms with Crippen molar-refractivity contribution in [3.05, 3.63) is 12.4 Å². The zero-order chi connectivity index (χ0) is 11.9. The Balaban J connectivity index is 1.93. The van der Waals surface area contributed by atoms with Gasteiger partial charge in [0, 0.05) is 23.7 Å². The summed E-state index contributed by atoms with van der Waals surface area (Å²) in [6.07, 6.45) is 11.7. The number of nitrogens with one attached hydrogen (secondary N) is 2. The van der Waals surface area contributed by atoms with Crippen molar-refractivity contribution in [2.24, 2.45) is 0 Å². The number of aromatic nitrogens is 2. The molecule has 1 heterocycles. The van der Waals surface area contributed by atoms with Gasteiger partial charge in [-0.05, 0) is 25.8 Å². The molecule has 1 aliphatic carbocycles. The lowest BCUT2D eigenvalue weighted by Gasteiger charge is -2.24. The molecule has 2 rings (SSSR count). The van der Waals surface area contributed by atoms with Crippen molar-refractivity contribution in [2.45, 2.75) is 61.9 Å². The number of imidazole rings is 1. The summed E-state index contributed by atoms with van der Waals surface area (Å²) in [4.78, 5) is 7.54. The summed E-state index contributed by atoms with van der Waals surface area (Å²) in [5.74, 6) is 0. The topological polar surface area (TPSA) is 40.7 Å². The third kappa shape index (κ3) is 4.03. The van der Waals surface area contributed by atoms with E-state index in [0.717, 1.165) is 11.7 Å². The fourth-order valence-corrected chi connectivity index (χ4v) is 3.66. The molecule has 0 radical (unpaired) electrons. The zero-order valence-electron chi connectivity index (χ0n) is 10.6. The van der Waals surface area contributed by atoms with E-state index in [1.165, 1.54) is 38.5 Å². The van der Waals surface area contributed by atoms with Crippen molar-refractivity contribution in [1.82, 2.24) is 15.3 Å². The van der Waals surface area contributed by atoms with Gasteiger partial charge < -0.3 is 10.3 Å². The van der Waals surface area contributed by atoms with Gasteiger partial charge in [-0.15, -0.1) is 0 Å². The molecule has 0 amide bonds. The van der Waals surface area contributed by atoms with Crippen molar-refractivity contribution in [3.8, 4) is 0 Å². The lowest BCUT2D eigenvalue weighted by molar-refractivity contribution is 0.469. The van der Waals surface area contributed by atoms with Crippen molar-refractivity contribution in [3.63, 3.8) is 0 Å². The maximum Gasteiger partial charge on any atom is 0.165 e. The van der Waals surface area contributed by atoms with Crippen LogP contribution in [-0.2, 0) is 0 Å². The van der Waals surface area contributed by atoms with Crippen LogP contribution in [0.3, 0.4) is 0 Å². The molecule has 1 fully saturated rings. The van der Waals surface area contributed by atoms with Gasteiger partial charge in [0.05, 0.1) is 0 Å². The van der Waals surface area contributed by atoms with Crippen LogP contribution in [0, 0.1) is 0 Å². The van der Waals surface area contributed by atoms with Crippen LogP contribution in [0.5, 0.6) is 0 Å². The van der Waals surface area contributed by atoms with Crippen LogP contribution in [0.2, 0.25) is 0 Å². The molecule has 1 saturated carbocycles. The molecule has 2 N–H and O–H groups in total. The minimum atomic E-state index is 0.660. The first kappa shape index (κ1) is 13.0. The monoisotopic (exact) mass is 253 g/mol. The van der Waals surface area contributed by atoms with E-state index >= 15 is 0 Å². The molecule has 1 aliphatic rings. The quantitative estimate of drug-likeness (QED) is 0.792. The van der Waals surface area contributed by atoms with E-state index in [1.54, 1.807) is 0 Å². The number of thioether (sulfide) groups is 1. The first-order valence-corrected chi connectivity index (χ1v) is 7.67. The van der Waals surface area contributed by atoms with E-state index in [0.29, 0.717) is 11.3 Å². The van der Waals surface area contributed by atoms with Gasteiger partial charge in [-0.3, -0.25) is 0 Å². The smallest absolute Gasteiger partial charge is 0.165 e. The summed E-state index contributed by atoms with van der Waals surface area (Å²) < 4.78 is 0. The Morgan fingerprint density at radius 3 is 3.06 bits per heavy atom. The van der Waals surface area contributed by atoms with Gasteiger partial charge in [-0.1, -0.05) is 37.9 Å². The van der Waals surface area contributed by atoms with Crippen LogP contribution in [0.15, 0.2) is 17.6 Å². The van der Waals surface area contributed by atoms with Gasteiger partial charge in [0.1, 0.15) is 0 Å². The zero-order valence-corrected chi connectivity index (χ0v) is 11.4. The Kier molecular flexibility index (Phi) is 5.39. The molecule has 0 saturated heterocycles. The Labute approximate surface area is 108 Å². The molecule has 0 bridgehead atoms. The van der Waals surface area contributed by atoms with Gasteiger partial charge in [0.2, 0.25) is 0 Å². The molecule has 0 aliphatic heterocycles. The van der Waals surface area contributed by atoms with Crippen molar-refractivity contribution in [1.29, 1.82) is 0 Å². The Bertz CT molecular complexity index is 300. The first-order chi connectivity index (χ1) is 8.40. The molecule has 96 valence electrons. The minimum Gasteiger partial charge on any atom is -0.340 e. The number of rotatable bonds is 5. The third-order valence-electron chi connectivity index (χ3n) is 3.35. The van der Waals surface area contributed by atoms with Gasteiger partial charge in [-0.2, -0.15) is 0 Å². The lowest BCUT2D eigenvalue weighted by atomic mass is 10.1. The number of hydrogen-bond donors (Lipinski definition) is 2. The second-order valence-corrected chi connectivity index (χ2v) is 5.98. The molecule has 0 spiro atoms. The van der Waals surface area contributed by atoms with Crippen LogP contribution < -0.4 is 5.32 Å². The summed E-state index contributed by atoms with van der Waals surface area (Å²) in [6.45, 7) is 3.37. The number of aromatic amines is 1. The Hall–Kier alpha value is -0.480. The Morgan fingerprint density at radius 1 is 1.41 bits per heavy atom. The lowest BCUT2D eigenvalue weighted by Crippen LogP contribution is -2.37. The van der Waals surface area contributed by atoms with Gasteiger partial charge >= 0.3 is 0 Å². The molecule has 0 aromatic carbocycles. The summed E-state index contributed by atoms with van der Waals surface area (Å²) in [7, 11) is 0. The van der Waals surface area contributed by atoms with E-state index in [1.807, 2.05) is 24.2 Å². The highest BCUT2D eigenvalue weighted by atomic mass is 32.2. The number of hydrogen-bond acceptors (Lipinski definition) is 3. The van der Waals surface area contributed by atoms with Crippen molar-refractivity contribution >= 4 is 11.8 Å².